The minimum Gasteiger partial charge on any atom is -0.512 e. The number of hydrogen-bond donors (Lipinski definition) is 1. The van der Waals surface area contributed by atoms with E-state index in [0.717, 1.165) is 42.5 Å². The summed E-state index contributed by atoms with van der Waals surface area (Å²) < 4.78 is 0. The molecule has 1 aliphatic rings. The van der Waals surface area contributed by atoms with Crippen LogP contribution >= 0.6 is 0 Å². The number of rotatable bonds is 8. The van der Waals surface area contributed by atoms with Crippen molar-refractivity contribution in [3.05, 3.63) is 113 Å². The predicted octanol–water partition coefficient (Wildman–Crippen LogP) is 11.3. The van der Waals surface area contributed by atoms with E-state index in [0.29, 0.717) is 0 Å². The first-order valence-corrected chi connectivity index (χ1v) is 16.7. The molecule has 46 heavy (non-hydrogen) atoms. The Kier molecular flexibility index (Phi) is 11.7. The van der Waals surface area contributed by atoms with Crippen molar-refractivity contribution in [3.63, 3.8) is 0 Å². The van der Waals surface area contributed by atoms with Gasteiger partial charge in [0.15, 0.2) is 5.78 Å². The standard InChI is InChI=1S/C27H24N.C15H28O2.Ir/c1-26(2)20-12-6-7-13-21(20)27(3,4)25-19(11-9-14-22(25)26)24-17-16-18-10-5-8-15-23(18)28-24;1-7-14(5,8-2)12(16)11-13(17)15(6,9-3)10-4;/h5-10,12-17H,1-4H3;11,16H,7-10H2,1-6H3;/q-1;;/b;12-11-;. The summed E-state index contributed by atoms with van der Waals surface area (Å²) in [4.78, 5) is 17.2. The third-order valence-corrected chi connectivity index (χ3v) is 11.0. The van der Waals surface area contributed by atoms with Crippen LogP contribution in [0.25, 0.3) is 22.2 Å². The third-order valence-electron chi connectivity index (χ3n) is 11.0. The molecule has 4 aromatic rings. The molecule has 1 aliphatic carbocycles. The Morgan fingerprint density at radius 1 is 0.761 bits per heavy atom. The van der Waals surface area contributed by atoms with E-state index in [2.05, 4.69) is 100 Å². The normalized spacial score (nSPS) is 15.1. The van der Waals surface area contributed by atoms with Gasteiger partial charge < -0.3 is 5.11 Å². The van der Waals surface area contributed by atoms with Gasteiger partial charge in [-0.2, -0.15) is 0 Å². The van der Waals surface area contributed by atoms with Crippen LogP contribution in [0.2, 0.25) is 0 Å². The number of hydrogen-bond acceptors (Lipinski definition) is 3. The molecule has 0 aliphatic heterocycles. The minimum absolute atomic E-state index is 0. The zero-order valence-corrected chi connectivity index (χ0v) is 31.9. The van der Waals surface area contributed by atoms with E-state index < -0.39 is 0 Å². The van der Waals surface area contributed by atoms with E-state index in [1.165, 1.54) is 33.7 Å². The molecule has 4 heteroatoms. The maximum absolute atomic E-state index is 12.2. The number of ketones is 1. The van der Waals surface area contributed by atoms with Gasteiger partial charge in [0, 0.05) is 37.0 Å². The summed E-state index contributed by atoms with van der Waals surface area (Å²) in [6.45, 7) is 21.4. The molecule has 1 aromatic heterocycles. The molecule has 0 saturated heterocycles. The Morgan fingerprint density at radius 2 is 1.30 bits per heavy atom. The molecule has 247 valence electrons. The summed E-state index contributed by atoms with van der Waals surface area (Å²) in [6.07, 6.45) is 4.75. The number of aliphatic hydroxyl groups excluding tert-OH is 1. The van der Waals surface area contributed by atoms with E-state index in [1.807, 2.05) is 47.6 Å². The second-order valence-electron chi connectivity index (χ2n) is 14.3. The molecule has 0 atom stereocenters. The fourth-order valence-electron chi connectivity index (χ4n) is 6.61. The number of carbonyl (C=O) groups excluding carboxylic acids is 1. The summed E-state index contributed by atoms with van der Waals surface area (Å²) >= 11 is 0. The summed E-state index contributed by atoms with van der Waals surface area (Å²) in [5.74, 6) is 0.286. The van der Waals surface area contributed by atoms with Crippen LogP contribution < -0.4 is 0 Å². The van der Waals surface area contributed by atoms with Crippen molar-refractivity contribution in [2.24, 2.45) is 10.8 Å². The van der Waals surface area contributed by atoms with Gasteiger partial charge in [-0.15, -0.1) is 34.9 Å². The quantitative estimate of drug-likeness (QED) is 0.110. The Bertz CT molecular complexity index is 1710. The molecule has 3 aromatic carbocycles. The number of nitrogens with zero attached hydrogens (tertiary/aromatic N) is 1. The van der Waals surface area contributed by atoms with Gasteiger partial charge in [0.2, 0.25) is 0 Å². The van der Waals surface area contributed by atoms with Crippen LogP contribution in [0, 0.1) is 16.9 Å². The average Bonchev–Trinajstić information content (AvgIpc) is 3.06. The smallest absolute Gasteiger partial charge is 0.164 e. The van der Waals surface area contributed by atoms with Gasteiger partial charge in [0.05, 0.1) is 5.52 Å². The third kappa shape index (κ3) is 6.80. The van der Waals surface area contributed by atoms with Crippen LogP contribution in [-0.4, -0.2) is 15.9 Å². The van der Waals surface area contributed by atoms with Crippen LogP contribution in [0.5, 0.6) is 0 Å². The fraction of sp³-hybridized carbons (Fsp3) is 0.429. The van der Waals surface area contributed by atoms with Crippen LogP contribution in [0.1, 0.15) is 117 Å². The molecule has 0 bridgehead atoms. The summed E-state index contributed by atoms with van der Waals surface area (Å²) in [6, 6.07) is 29.3. The second kappa shape index (κ2) is 14.4. The summed E-state index contributed by atoms with van der Waals surface area (Å²) in [5, 5.41) is 11.3. The van der Waals surface area contributed by atoms with Crippen molar-refractivity contribution in [3.8, 4) is 11.3 Å². The van der Waals surface area contributed by atoms with Crippen LogP contribution in [0.3, 0.4) is 0 Å². The molecule has 0 fully saturated rings. The number of pyridine rings is 1. The number of aliphatic hydroxyl groups is 1. The molecule has 1 N–H and O–H groups in total. The van der Waals surface area contributed by atoms with Crippen molar-refractivity contribution in [1.29, 1.82) is 0 Å². The van der Waals surface area contributed by atoms with Crippen LogP contribution in [0.15, 0.2) is 84.6 Å². The van der Waals surface area contributed by atoms with Gasteiger partial charge in [-0.05, 0) is 64.8 Å². The zero-order chi connectivity index (χ0) is 33.2. The van der Waals surface area contributed by atoms with Gasteiger partial charge in [-0.1, -0.05) is 124 Å². The SMILES string of the molecule is CC1(C)c2ccccc2C(C)(C)c2c(-c3ccc4ccccc4n3)[c-]ccc21.CCC(C)(CC)C(=O)/C=C(\O)C(C)(CC)CC.[Ir]. The van der Waals surface area contributed by atoms with Gasteiger partial charge >= 0.3 is 0 Å². The number of aromatic nitrogens is 1. The largest absolute Gasteiger partial charge is 0.512 e. The molecule has 0 amide bonds. The number of para-hydroxylation sites is 1. The Labute approximate surface area is 291 Å². The van der Waals surface area contributed by atoms with Crippen molar-refractivity contribution < 1.29 is 30.0 Å². The van der Waals surface area contributed by atoms with Crippen molar-refractivity contribution in [1.82, 2.24) is 4.98 Å². The maximum Gasteiger partial charge on any atom is 0.164 e. The fourth-order valence-corrected chi connectivity index (χ4v) is 6.61. The van der Waals surface area contributed by atoms with Gasteiger partial charge in [-0.3, -0.25) is 9.78 Å². The first-order chi connectivity index (χ1) is 21.2. The minimum atomic E-state index is -0.337. The van der Waals surface area contributed by atoms with E-state index in [4.69, 9.17) is 4.98 Å². The summed E-state index contributed by atoms with van der Waals surface area (Å²) in [5.41, 5.74) is 7.92. The Balaban J connectivity index is 0.000000280. The van der Waals surface area contributed by atoms with E-state index in [1.54, 1.807) is 0 Å². The van der Waals surface area contributed by atoms with E-state index in [-0.39, 0.29) is 53.3 Å². The van der Waals surface area contributed by atoms with Crippen LogP contribution in [-0.2, 0) is 35.7 Å². The predicted molar refractivity (Wildman–Crippen MR) is 190 cm³/mol. The molecule has 0 spiro atoms. The zero-order valence-electron chi connectivity index (χ0n) is 29.5. The first kappa shape index (κ1) is 37.4. The number of fused-ring (bicyclic) bond motifs is 3. The summed E-state index contributed by atoms with van der Waals surface area (Å²) in [7, 11) is 0. The van der Waals surface area contributed by atoms with Crippen molar-refractivity contribution in [2.45, 2.75) is 106 Å². The molecule has 0 saturated carbocycles. The molecule has 1 radical (unpaired) electrons. The monoisotopic (exact) mass is 795 g/mol. The topological polar surface area (TPSA) is 50.2 Å². The second-order valence-corrected chi connectivity index (χ2v) is 14.3. The number of benzene rings is 3. The average molecular weight is 795 g/mol. The first-order valence-electron chi connectivity index (χ1n) is 16.7. The number of carbonyl (C=O) groups is 1. The van der Waals surface area contributed by atoms with Gasteiger partial charge in [-0.25, -0.2) is 0 Å². The number of allylic oxidation sites excluding steroid dienone is 2. The Morgan fingerprint density at radius 3 is 1.89 bits per heavy atom. The molecular weight excluding hydrogens is 743 g/mol. The Hall–Kier alpha value is -3.07. The van der Waals surface area contributed by atoms with E-state index >= 15 is 0 Å². The maximum atomic E-state index is 12.2. The molecule has 5 rings (SSSR count). The molecule has 1 heterocycles. The molecule has 0 unspecified atom stereocenters. The molecular formula is C42H52IrNO2-. The van der Waals surface area contributed by atoms with Gasteiger partial charge in [0.1, 0.15) is 5.76 Å². The van der Waals surface area contributed by atoms with Crippen molar-refractivity contribution in [2.75, 3.05) is 0 Å². The molecule has 3 nitrogen and oxygen atoms in total. The van der Waals surface area contributed by atoms with Crippen LogP contribution in [0.4, 0.5) is 0 Å². The van der Waals surface area contributed by atoms with E-state index in [9.17, 15) is 9.90 Å². The van der Waals surface area contributed by atoms with Crippen molar-refractivity contribution >= 4 is 16.7 Å². The van der Waals surface area contributed by atoms with Gasteiger partial charge in [0.25, 0.3) is 0 Å².